The van der Waals surface area contributed by atoms with Crippen LogP contribution in [0.15, 0.2) is 66.9 Å². The van der Waals surface area contributed by atoms with E-state index in [0.717, 1.165) is 23.2 Å². The highest BCUT2D eigenvalue weighted by molar-refractivity contribution is 6.15. The number of rotatable bonds is 7. The molecule has 1 aromatic heterocycles. The Bertz CT molecular complexity index is 905. The Kier molecular flexibility index (Phi) is 5.64. The standard InChI is InChI=1S/C22H23N3O/c1-3-24-22-19(12-8-14-25-22)21(23)18-11-6-7-13-20(18)26-15-17-10-5-4-9-16(17)2/h4-14,23H,3,15H2,1-2H3,(H,24,25). The molecule has 0 aliphatic rings. The molecule has 0 saturated carbocycles. The number of anilines is 1. The quantitative estimate of drug-likeness (QED) is 0.604. The maximum atomic E-state index is 8.70. The molecule has 0 spiro atoms. The first-order chi connectivity index (χ1) is 12.7. The second-order valence-corrected chi connectivity index (χ2v) is 6.02. The predicted molar refractivity (Wildman–Crippen MR) is 106 cm³/mol. The number of para-hydroxylation sites is 1. The number of hydrogen-bond acceptors (Lipinski definition) is 4. The molecule has 0 amide bonds. The maximum Gasteiger partial charge on any atom is 0.135 e. The molecule has 4 heteroatoms. The van der Waals surface area contributed by atoms with Gasteiger partial charge in [0.15, 0.2) is 0 Å². The maximum absolute atomic E-state index is 8.70. The van der Waals surface area contributed by atoms with Crippen molar-refractivity contribution in [1.29, 1.82) is 5.41 Å². The summed E-state index contributed by atoms with van der Waals surface area (Å²) in [5.41, 5.74) is 4.26. The average Bonchev–Trinajstić information content (AvgIpc) is 2.68. The van der Waals surface area contributed by atoms with Crippen LogP contribution in [0, 0.1) is 12.3 Å². The summed E-state index contributed by atoms with van der Waals surface area (Å²) in [4.78, 5) is 4.36. The third-order valence-electron chi connectivity index (χ3n) is 4.22. The van der Waals surface area contributed by atoms with Crippen LogP contribution in [0.4, 0.5) is 5.82 Å². The molecule has 0 fully saturated rings. The van der Waals surface area contributed by atoms with Gasteiger partial charge in [-0.3, -0.25) is 5.41 Å². The highest BCUT2D eigenvalue weighted by atomic mass is 16.5. The summed E-state index contributed by atoms with van der Waals surface area (Å²) in [6.45, 7) is 5.32. The highest BCUT2D eigenvalue weighted by Crippen LogP contribution is 2.25. The van der Waals surface area contributed by atoms with Crippen molar-refractivity contribution in [2.45, 2.75) is 20.5 Å². The van der Waals surface area contributed by atoms with Gasteiger partial charge >= 0.3 is 0 Å². The number of ether oxygens (including phenoxy) is 1. The second-order valence-electron chi connectivity index (χ2n) is 6.02. The first kappa shape index (κ1) is 17.7. The molecule has 26 heavy (non-hydrogen) atoms. The van der Waals surface area contributed by atoms with Crippen LogP contribution in [0.3, 0.4) is 0 Å². The molecular formula is C22H23N3O. The van der Waals surface area contributed by atoms with Gasteiger partial charge < -0.3 is 10.1 Å². The molecule has 0 aliphatic carbocycles. The summed E-state index contributed by atoms with van der Waals surface area (Å²) in [6.07, 6.45) is 1.73. The van der Waals surface area contributed by atoms with Crippen molar-refractivity contribution in [3.8, 4) is 5.75 Å². The summed E-state index contributed by atoms with van der Waals surface area (Å²) in [5, 5.41) is 11.9. The Morgan fingerprint density at radius 3 is 2.54 bits per heavy atom. The topological polar surface area (TPSA) is 58.0 Å². The van der Waals surface area contributed by atoms with E-state index in [9.17, 15) is 0 Å². The van der Waals surface area contributed by atoms with E-state index in [1.807, 2.05) is 55.5 Å². The van der Waals surface area contributed by atoms with E-state index in [4.69, 9.17) is 10.1 Å². The summed E-state index contributed by atoms with van der Waals surface area (Å²) < 4.78 is 6.06. The lowest BCUT2D eigenvalue weighted by Crippen LogP contribution is -2.11. The zero-order chi connectivity index (χ0) is 18.4. The van der Waals surface area contributed by atoms with Crippen molar-refractivity contribution in [1.82, 2.24) is 4.98 Å². The fraction of sp³-hybridized carbons (Fsp3) is 0.182. The van der Waals surface area contributed by atoms with Crippen LogP contribution in [-0.4, -0.2) is 17.2 Å². The zero-order valence-electron chi connectivity index (χ0n) is 15.1. The summed E-state index contributed by atoms with van der Waals surface area (Å²) in [7, 11) is 0. The summed E-state index contributed by atoms with van der Waals surface area (Å²) >= 11 is 0. The Morgan fingerprint density at radius 1 is 1.00 bits per heavy atom. The minimum Gasteiger partial charge on any atom is -0.488 e. The fourth-order valence-corrected chi connectivity index (χ4v) is 2.79. The molecule has 0 atom stereocenters. The fourth-order valence-electron chi connectivity index (χ4n) is 2.79. The number of pyridine rings is 1. The van der Waals surface area contributed by atoms with Crippen LogP contribution in [0.2, 0.25) is 0 Å². The normalized spacial score (nSPS) is 10.4. The van der Waals surface area contributed by atoms with E-state index in [1.54, 1.807) is 6.20 Å². The van der Waals surface area contributed by atoms with Crippen LogP contribution in [0.5, 0.6) is 5.75 Å². The van der Waals surface area contributed by atoms with Gasteiger partial charge in [0, 0.05) is 23.9 Å². The lowest BCUT2D eigenvalue weighted by atomic mass is 10.0. The Hall–Kier alpha value is -3.14. The third-order valence-corrected chi connectivity index (χ3v) is 4.22. The molecule has 3 aromatic rings. The minimum absolute atomic E-state index is 0.398. The Morgan fingerprint density at radius 2 is 1.73 bits per heavy atom. The molecular weight excluding hydrogens is 322 g/mol. The molecule has 0 saturated heterocycles. The van der Waals surface area contributed by atoms with Gasteiger partial charge in [-0.1, -0.05) is 36.4 Å². The van der Waals surface area contributed by atoms with Gasteiger partial charge in [-0.2, -0.15) is 0 Å². The van der Waals surface area contributed by atoms with Gasteiger partial charge in [0.25, 0.3) is 0 Å². The van der Waals surface area contributed by atoms with Crippen molar-refractivity contribution in [2.75, 3.05) is 11.9 Å². The molecule has 2 N–H and O–H groups in total. The second kappa shape index (κ2) is 8.30. The molecule has 0 unspecified atom stereocenters. The van der Waals surface area contributed by atoms with Gasteiger partial charge in [-0.15, -0.1) is 0 Å². The van der Waals surface area contributed by atoms with Crippen LogP contribution in [-0.2, 0) is 6.61 Å². The Labute approximate surface area is 154 Å². The van der Waals surface area contributed by atoms with E-state index in [2.05, 4.69) is 29.4 Å². The average molecular weight is 345 g/mol. The highest BCUT2D eigenvalue weighted by Gasteiger charge is 2.15. The van der Waals surface area contributed by atoms with Crippen LogP contribution >= 0.6 is 0 Å². The number of nitrogens with zero attached hydrogens (tertiary/aromatic N) is 1. The molecule has 0 bridgehead atoms. The van der Waals surface area contributed by atoms with Gasteiger partial charge in [-0.25, -0.2) is 4.98 Å². The molecule has 3 rings (SSSR count). The van der Waals surface area contributed by atoms with Crippen molar-refractivity contribution in [3.63, 3.8) is 0 Å². The molecule has 132 valence electrons. The number of aryl methyl sites for hydroxylation is 1. The SMILES string of the molecule is CCNc1ncccc1C(=N)c1ccccc1OCc1ccccc1C. The molecule has 0 radical (unpaired) electrons. The Balaban J connectivity index is 1.87. The minimum atomic E-state index is 0.398. The predicted octanol–water partition coefficient (Wildman–Crippen LogP) is 4.82. The van der Waals surface area contributed by atoms with Gasteiger partial charge in [0.05, 0.1) is 5.71 Å². The number of aromatic nitrogens is 1. The monoisotopic (exact) mass is 345 g/mol. The molecule has 4 nitrogen and oxygen atoms in total. The summed E-state index contributed by atoms with van der Waals surface area (Å²) in [5.74, 6) is 1.42. The van der Waals surface area contributed by atoms with E-state index in [0.29, 0.717) is 23.9 Å². The van der Waals surface area contributed by atoms with Crippen molar-refractivity contribution in [3.05, 3.63) is 89.1 Å². The van der Waals surface area contributed by atoms with E-state index in [-0.39, 0.29) is 0 Å². The van der Waals surface area contributed by atoms with Crippen LogP contribution in [0.25, 0.3) is 0 Å². The zero-order valence-corrected chi connectivity index (χ0v) is 15.1. The lowest BCUT2D eigenvalue weighted by molar-refractivity contribution is 0.305. The molecule has 1 heterocycles. The van der Waals surface area contributed by atoms with E-state index in [1.165, 1.54) is 5.56 Å². The van der Waals surface area contributed by atoms with Gasteiger partial charge in [0.1, 0.15) is 18.2 Å². The van der Waals surface area contributed by atoms with E-state index < -0.39 is 0 Å². The molecule has 0 aliphatic heterocycles. The first-order valence-corrected chi connectivity index (χ1v) is 8.75. The van der Waals surface area contributed by atoms with Crippen LogP contribution < -0.4 is 10.1 Å². The van der Waals surface area contributed by atoms with E-state index >= 15 is 0 Å². The van der Waals surface area contributed by atoms with Crippen LogP contribution in [0.1, 0.15) is 29.2 Å². The molecule has 2 aromatic carbocycles. The number of nitrogens with one attached hydrogen (secondary N) is 2. The van der Waals surface area contributed by atoms with Gasteiger partial charge in [0.2, 0.25) is 0 Å². The lowest BCUT2D eigenvalue weighted by Gasteiger charge is -2.15. The van der Waals surface area contributed by atoms with Crippen molar-refractivity contribution >= 4 is 11.5 Å². The van der Waals surface area contributed by atoms with Crippen molar-refractivity contribution in [2.24, 2.45) is 0 Å². The van der Waals surface area contributed by atoms with Gasteiger partial charge in [-0.05, 0) is 49.2 Å². The smallest absolute Gasteiger partial charge is 0.135 e. The first-order valence-electron chi connectivity index (χ1n) is 8.75. The van der Waals surface area contributed by atoms with Crippen molar-refractivity contribution < 1.29 is 4.74 Å². The summed E-state index contributed by atoms with van der Waals surface area (Å²) in [6, 6.07) is 19.6. The third kappa shape index (κ3) is 3.91. The number of hydrogen-bond donors (Lipinski definition) is 2. The largest absolute Gasteiger partial charge is 0.488 e. The number of benzene rings is 2.